The number of hydrogen-bond donors (Lipinski definition) is 1. The maximum atomic E-state index is 13.4. The zero-order valence-corrected chi connectivity index (χ0v) is 15.8. The molecule has 144 valence electrons. The summed E-state index contributed by atoms with van der Waals surface area (Å²) in [6, 6.07) is 7.17. The van der Waals surface area contributed by atoms with Crippen molar-refractivity contribution in [2.45, 2.75) is 37.6 Å². The lowest BCUT2D eigenvalue weighted by Crippen LogP contribution is -2.34. The van der Waals surface area contributed by atoms with Gasteiger partial charge < -0.3 is 4.90 Å². The summed E-state index contributed by atoms with van der Waals surface area (Å²) in [7, 11) is -3.87. The largest absolute Gasteiger partial charge is 0.312 e. The monoisotopic (exact) mass is 394 g/mol. The van der Waals surface area contributed by atoms with E-state index in [4.69, 9.17) is 0 Å². The Bertz CT molecular complexity index is 992. The third-order valence-corrected chi connectivity index (χ3v) is 6.17. The number of fused-ring (bicyclic) bond motifs is 1. The number of carbonyl (C=O) groups is 1. The molecule has 1 heterocycles. The number of hydrogen-bond acceptors (Lipinski definition) is 3. The van der Waals surface area contributed by atoms with Crippen LogP contribution in [0.2, 0.25) is 0 Å². The molecular weight excluding hydrogens is 374 g/mol. The van der Waals surface area contributed by atoms with Crippen molar-refractivity contribution >= 4 is 21.6 Å². The minimum atomic E-state index is -3.87. The third-order valence-electron chi connectivity index (χ3n) is 4.64. The van der Waals surface area contributed by atoms with Crippen molar-refractivity contribution in [3.63, 3.8) is 0 Å². The summed E-state index contributed by atoms with van der Waals surface area (Å²) in [6.07, 6.45) is 1.44. The van der Waals surface area contributed by atoms with E-state index in [2.05, 4.69) is 4.72 Å². The zero-order valence-electron chi connectivity index (χ0n) is 15.0. The highest BCUT2D eigenvalue weighted by Crippen LogP contribution is 2.30. The maximum Gasteiger partial charge on any atom is 0.241 e. The Labute approximate surface area is 157 Å². The molecule has 0 saturated heterocycles. The minimum Gasteiger partial charge on any atom is -0.312 e. The van der Waals surface area contributed by atoms with Gasteiger partial charge in [0.2, 0.25) is 15.9 Å². The summed E-state index contributed by atoms with van der Waals surface area (Å²) < 4.78 is 54.4. The van der Waals surface area contributed by atoms with E-state index in [9.17, 15) is 22.0 Å². The van der Waals surface area contributed by atoms with E-state index in [-0.39, 0.29) is 10.8 Å². The summed E-state index contributed by atoms with van der Waals surface area (Å²) in [5, 5.41) is 0. The Hall–Kier alpha value is -2.32. The van der Waals surface area contributed by atoms with Crippen LogP contribution in [0.1, 0.15) is 37.4 Å². The van der Waals surface area contributed by atoms with E-state index in [0.717, 1.165) is 29.8 Å². The fourth-order valence-corrected chi connectivity index (χ4v) is 4.50. The van der Waals surface area contributed by atoms with Crippen molar-refractivity contribution in [3.05, 3.63) is 59.2 Å². The van der Waals surface area contributed by atoms with Crippen LogP contribution in [0.4, 0.5) is 14.5 Å². The summed E-state index contributed by atoms with van der Waals surface area (Å²) in [6.45, 7) is 3.64. The number of nitrogens with one attached hydrogen (secondary N) is 1. The number of carbonyl (C=O) groups excluding carboxylic acids is 1. The number of sulfonamides is 1. The van der Waals surface area contributed by atoms with Crippen LogP contribution in [0.15, 0.2) is 41.3 Å². The molecule has 0 aliphatic carbocycles. The van der Waals surface area contributed by atoms with E-state index < -0.39 is 27.7 Å². The average Bonchev–Trinajstić information content (AvgIpc) is 2.62. The molecular formula is C19H20F2N2O3S. The lowest BCUT2D eigenvalue weighted by molar-refractivity contribution is -0.116. The molecule has 0 bridgehead atoms. The first-order valence-electron chi connectivity index (χ1n) is 8.57. The van der Waals surface area contributed by atoms with Gasteiger partial charge in [0.25, 0.3) is 0 Å². The highest BCUT2D eigenvalue weighted by molar-refractivity contribution is 7.89. The Morgan fingerprint density at radius 1 is 1.15 bits per heavy atom. The lowest BCUT2D eigenvalue weighted by Gasteiger charge is -2.29. The van der Waals surface area contributed by atoms with Crippen molar-refractivity contribution in [2.75, 3.05) is 11.4 Å². The van der Waals surface area contributed by atoms with E-state index in [1.165, 1.54) is 19.1 Å². The normalized spacial score (nSPS) is 15.3. The van der Waals surface area contributed by atoms with Gasteiger partial charge in [-0.25, -0.2) is 21.9 Å². The lowest BCUT2D eigenvalue weighted by atomic mass is 10.0. The van der Waals surface area contributed by atoms with Gasteiger partial charge in [-0.3, -0.25) is 4.79 Å². The molecule has 2 aromatic carbocycles. The molecule has 1 aliphatic heterocycles. The van der Waals surface area contributed by atoms with Crippen LogP contribution in [0.3, 0.4) is 0 Å². The van der Waals surface area contributed by atoms with Gasteiger partial charge in [-0.05, 0) is 61.2 Å². The molecule has 2 aromatic rings. The highest BCUT2D eigenvalue weighted by atomic mass is 32.2. The molecule has 3 rings (SSSR count). The smallest absolute Gasteiger partial charge is 0.241 e. The second-order valence-corrected chi connectivity index (χ2v) is 8.30. The highest BCUT2D eigenvalue weighted by Gasteiger charge is 2.24. The summed E-state index contributed by atoms with van der Waals surface area (Å²) >= 11 is 0. The Morgan fingerprint density at radius 2 is 1.89 bits per heavy atom. The maximum absolute atomic E-state index is 13.4. The fraction of sp³-hybridized carbons (Fsp3) is 0.316. The first kappa shape index (κ1) is 19.4. The quantitative estimate of drug-likeness (QED) is 0.865. The van der Waals surface area contributed by atoms with E-state index in [0.29, 0.717) is 18.5 Å². The van der Waals surface area contributed by atoms with Crippen LogP contribution < -0.4 is 9.62 Å². The summed E-state index contributed by atoms with van der Waals surface area (Å²) in [5.41, 5.74) is 1.83. The Morgan fingerprint density at radius 3 is 2.56 bits per heavy atom. The number of aryl methyl sites for hydroxylation is 1. The molecule has 1 atom stereocenters. The fourth-order valence-electron chi connectivity index (χ4n) is 3.22. The molecule has 27 heavy (non-hydrogen) atoms. The van der Waals surface area contributed by atoms with Gasteiger partial charge in [0.15, 0.2) is 11.6 Å². The molecule has 0 aromatic heterocycles. The van der Waals surface area contributed by atoms with Crippen LogP contribution >= 0.6 is 0 Å². The Kier molecular flexibility index (Phi) is 5.30. The topological polar surface area (TPSA) is 66.5 Å². The van der Waals surface area contributed by atoms with Crippen LogP contribution in [-0.4, -0.2) is 20.9 Å². The molecule has 0 spiro atoms. The number of rotatable bonds is 4. The van der Waals surface area contributed by atoms with Gasteiger partial charge in [0.05, 0.1) is 4.90 Å². The van der Waals surface area contributed by atoms with E-state index >= 15 is 0 Å². The SMILES string of the molecule is CC(=O)N1CCCc2cc(S(=O)(=O)NC(C)c3ccc(F)c(F)c3)ccc21. The summed E-state index contributed by atoms with van der Waals surface area (Å²) in [4.78, 5) is 13.4. The van der Waals surface area contributed by atoms with Crippen molar-refractivity contribution in [3.8, 4) is 0 Å². The van der Waals surface area contributed by atoms with Crippen LogP contribution in [-0.2, 0) is 21.2 Å². The Balaban J connectivity index is 1.86. The van der Waals surface area contributed by atoms with Crippen molar-refractivity contribution in [1.82, 2.24) is 4.72 Å². The number of halogens is 2. The molecule has 1 unspecified atom stereocenters. The standard InChI is InChI=1S/C19H20F2N2O3S/c1-12(14-5-7-17(20)18(21)11-14)22-27(25,26)16-6-8-19-15(10-16)4-3-9-23(19)13(2)24/h5-8,10-12,22H,3-4,9H2,1-2H3. The van der Waals surface area contributed by atoms with Crippen molar-refractivity contribution in [1.29, 1.82) is 0 Å². The number of amides is 1. The summed E-state index contributed by atoms with van der Waals surface area (Å²) in [5.74, 6) is -2.10. The first-order chi connectivity index (χ1) is 12.7. The molecule has 1 N–H and O–H groups in total. The van der Waals surface area contributed by atoms with Gasteiger partial charge in [0, 0.05) is 25.2 Å². The van der Waals surface area contributed by atoms with E-state index in [1.54, 1.807) is 24.0 Å². The third kappa shape index (κ3) is 4.01. The second-order valence-electron chi connectivity index (χ2n) is 6.58. The van der Waals surface area contributed by atoms with Gasteiger partial charge in [-0.2, -0.15) is 0 Å². The number of nitrogens with zero attached hydrogens (tertiary/aromatic N) is 1. The zero-order chi connectivity index (χ0) is 19.8. The molecule has 0 saturated carbocycles. The van der Waals surface area contributed by atoms with E-state index in [1.807, 2.05) is 0 Å². The van der Waals surface area contributed by atoms with Gasteiger partial charge in [0.1, 0.15) is 0 Å². The molecule has 1 amide bonds. The predicted octanol–water partition coefficient (Wildman–Crippen LogP) is 3.30. The van der Waals surface area contributed by atoms with Crippen LogP contribution in [0.25, 0.3) is 0 Å². The van der Waals surface area contributed by atoms with Crippen molar-refractivity contribution < 1.29 is 22.0 Å². The number of anilines is 1. The predicted molar refractivity (Wildman–Crippen MR) is 97.9 cm³/mol. The van der Waals surface area contributed by atoms with Crippen LogP contribution in [0.5, 0.6) is 0 Å². The second kappa shape index (κ2) is 7.36. The van der Waals surface area contributed by atoms with Crippen LogP contribution in [0, 0.1) is 11.6 Å². The molecule has 0 radical (unpaired) electrons. The van der Waals surface area contributed by atoms with Gasteiger partial charge in [-0.15, -0.1) is 0 Å². The van der Waals surface area contributed by atoms with Gasteiger partial charge in [-0.1, -0.05) is 6.07 Å². The number of benzene rings is 2. The first-order valence-corrected chi connectivity index (χ1v) is 10.1. The molecule has 5 nitrogen and oxygen atoms in total. The minimum absolute atomic E-state index is 0.0704. The molecule has 8 heteroatoms. The average molecular weight is 394 g/mol. The molecule has 1 aliphatic rings. The molecule has 0 fully saturated rings. The van der Waals surface area contributed by atoms with Gasteiger partial charge >= 0.3 is 0 Å². The van der Waals surface area contributed by atoms with Crippen molar-refractivity contribution in [2.24, 2.45) is 0 Å².